The fraction of sp³-hybridized carbons (Fsp3) is 0.533. The van der Waals surface area contributed by atoms with E-state index in [0.717, 1.165) is 18.7 Å². The van der Waals surface area contributed by atoms with Gasteiger partial charge in [-0.05, 0) is 18.6 Å². The van der Waals surface area contributed by atoms with E-state index in [4.69, 9.17) is 0 Å². The zero-order chi connectivity index (χ0) is 15.2. The Morgan fingerprint density at radius 1 is 1.24 bits per heavy atom. The average Bonchev–Trinajstić information content (AvgIpc) is 2.52. The molecular formula is C15H21N3O3. The zero-order valence-corrected chi connectivity index (χ0v) is 12.5. The summed E-state index contributed by atoms with van der Waals surface area (Å²) in [7, 11) is 1.40. The van der Waals surface area contributed by atoms with Gasteiger partial charge in [0.05, 0.1) is 19.1 Å². The highest BCUT2D eigenvalue weighted by Gasteiger charge is 2.22. The Kier molecular flexibility index (Phi) is 5.27. The summed E-state index contributed by atoms with van der Waals surface area (Å²) in [4.78, 5) is 31.6. The molecule has 1 aromatic heterocycles. The number of rotatable bonds is 4. The van der Waals surface area contributed by atoms with Crippen LogP contribution in [0.1, 0.15) is 22.3 Å². The second-order valence-corrected chi connectivity index (χ2v) is 5.21. The Morgan fingerprint density at radius 3 is 2.57 bits per heavy atom. The molecule has 2 rings (SSSR count). The third-order valence-electron chi connectivity index (χ3n) is 3.64. The first-order chi connectivity index (χ1) is 10.1. The molecule has 1 aliphatic heterocycles. The summed E-state index contributed by atoms with van der Waals surface area (Å²) in [5.41, 5.74) is 1.62. The molecule has 0 aromatic carbocycles. The Labute approximate surface area is 124 Å². The number of amides is 1. The Balaban J connectivity index is 1.83. The van der Waals surface area contributed by atoms with Crippen LogP contribution in [0.4, 0.5) is 0 Å². The maximum atomic E-state index is 12.4. The molecule has 0 aliphatic carbocycles. The van der Waals surface area contributed by atoms with Gasteiger partial charge in [0.2, 0.25) is 0 Å². The maximum absolute atomic E-state index is 12.4. The van der Waals surface area contributed by atoms with Crippen LogP contribution < -0.4 is 0 Å². The number of aryl methyl sites for hydroxylation is 1. The predicted octanol–water partition coefficient (Wildman–Crippen LogP) is 0.711. The van der Waals surface area contributed by atoms with Crippen LogP contribution >= 0.6 is 0 Å². The average molecular weight is 291 g/mol. The lowest BCUT2D eigenvalue weighted by atomic mass is 10.2. The molecule has 0 spiro atoms. The maximum Gasteiger partial charge on any atom is 0.306 e. The molecule has 1 amide bonds. The van der Waals surface area contributed by atoms with Gasteiger partial charge < -0.3 is 9.64 Å². The van der Waals surface area contributed by atoms with Crippen molar-refractivity contribution in [2.24, 2.45) is 0 Å². The van der Waals surface area contributed by atoms with Gasteiger partial charge in [-0.2, -0.15) is 0 Å². The Bertz CT molecular complexity index is 511. The Hall–Kier alpha value is -1.95. The highest BCUT2D eigenvalue weighted by atomic mass is 16.5. The molecule has 0 unspecified atom stereocenters. The van der Waals surface area contributed by atoms with Crippen LogP contribution in [0.2, 0.25) is 0 Å². The molecular weight excluding hydrogens is 270 g/mol. The molecule has 1 aliphatic rings. The summed E-state index contributed by atoms with van der Waals surface area (Å²) in [6.45, 7) is 5.51. The van der Waals surface area contributed by atoms with Crippen molar-refractivity contribution in [3.8, 4) is 0 Å². The van der Waals surface area contributed by atoms with Gasteiger partial charge in [0, 0.05) is 45.1 Å². The number of methoxy groups -OCH3 is 1. The lowest BCUT2D eigenvalue weighted by Gasteiger charge is -2.34. The van der Waals surface area contributed by atoms with Crippen molar-refractivity contribution in [3.05, 3.63) is 29.6 Å². The van der Waals surface area contributed by atoms with Crippen LogP contribution in [-0.2, 0) is 9.53 Å². The van der Waals surface area contributed by atoms with Gasteiger partial charge >= 0.3 is 5.97 Å². The molecule has 0 radical (unpaired) electrons. The predicted molar refractivity (Wildman–Crippen MR) is 78.0 cm³/mol. The largest absolute Gasteiger partial charge is 0.469 e. The van der Waals surface area contributed by atoms with Crippen molar-refractivity contribution >= 4 is 11.9 Å². The molecule has 0 atom stereocenters. The second-order valence-electron chi connectivity index (χ2n) is 5.21. The van der Waals surface area contributed by atoms with Crippen LogP contribution in [0.3, 0.4) is 0 Å². The minimum Gasteiger partial charge on any atom is -0.469 e. The van der Waals surface area contributed by atoms with E-state index in [-0.39, 0.29) is 11.9 Å². The number of nitrogens with zero attached hydrogens (tertiary/aromatic N) is 3. The van der Waals surface area contributed by atoms with Crippen LogP contribution in [-0.4, -0.2) is 66.5 Å². The van der Waals surface area contributed by atoms with Crippen LogP contribution in [0.15, 0.2) is 18.5 Å². The number of piperazine rings is 1. The van der Waals surface area contributed by atoms with Crippen molar-refractivity contribution in [2.75, 3.05) is 39.8 Å². The topological polar surface area (TPSA) is 62.7 Å². The molecule has 0 saturated carbocycles. The van der Waals surface area contributed by atoms with Gasteiger partial charge in [-0.3, -0.25) is 19.5 Å². The molecule has 6 nitrogen and oxygen atoms in total. The zero-order valence-electron chi connectivity index (χ0n) is 12.5. The summed E-state index contributed by atoms with van der Waals surface area (Å²) < 4.78 is 4.63. The van der Waals surface area contributed by atoms with E-state index < -0.39 is 0 Å². The minimum atomic E-state index is -0.195. The van der Waals surface area contributed by atoms with Crippen molar-refractivity contribution in [1.82, 2.24) is 14.8 Å². The molecule has 2 heterocycles. The van der Waals surface area contributed by atoms with Gasteiger partial charge in [0.15, 0.2) is 0 Å². The number of aromatic nitrogens is 1. The lowest BCUT2D eigenvalue weighted by Crippen LogP contribution is -2.49. The van der Waals surface area contributed by atoms with Crippen LogP contribution in [0.25, 0.3) is 0 Å². The SMILES string of the molecule is COC(=O)CCN1CCN(C(=O)c2cncc(C)c2)CC1. The molecule has 1 saturated heterocycles. The molecule has 6 heteroatoms. The monoisotopic (exact) mass is 291 g/mol. The molecule has 0 N–H and O–H groups in total. The summed E-state index contributed by atoms with van der Waals surface area (Å²) in [6, 6.07) is 1.86. The second kappa shape index (κ2) is 7.17. The van der Waals surface area contributed by atoms with Crippen molar-refractivity contribution in [1.29, 1.82) is 0 Å². The number of carbonyl (C=O) groups excluding carboxylic acids is 2. The fourth-order valence-electron chi connectivity index (χ4n) is 2.38. The quantitative estimate of drug-likeness (QED) is 0.765. The lowest BCUT2D eigenvalue weighted by molar-refractivity contribution is -0.141. The molecule has 21 heavy (non-hydrogen) atoms. The van der Waals surface area contributed by atoms with Gasteiger partial charge in [0.1, 0.15) is 0 Å². The molecule has 114 valence electrons. The summed E-state index contributed by atoms with van der Waals surface area (Å²) >= 11 is 0. The van der Waals surface area contributed by atoms with Crippen LogP contribution in [0, 0.1) is 6.92 Å². The number of esters is 1. The number of ether oxygens (including phenoxy) is 1. The van der Waals surface area contributed by atoms with Gasteiger partial charge in [-0.25, -0.2) is 0 Å². The van der Waals surface area contributed by atoms with E-state index in [2.05, 4.69) is 14.6 Å². The third-order valence-corrected chi connectivity index (χ3v) is 3.64. The number of hydrogen-bond acceptors (Lipinski definition) is 5. The number of pyridine rings is 1. The van der Waals surface area contributed by atoms with Gasteiger partial charge in [-0.15, -0.1) is 0 Å². The first kappa shape index (κ1) is 15.4. The van der Waals surface area contributed by atoms with Crippen LogP contribution in [0.5, 0.6) is 0 Å². The van der Waals surface area contributed by atoms with E-state index in [1.165, 1.54) is 7.11 Å². The van der Waals surface area contributed by atoms with E-state index >= 15 is 0 Å². The van der Waals surface area contributed by atoms with Crippen molar-refractivity contribution in [2.45, 2.75) is 13.3 Å². The van der Waals surface area contributed by atoms with Crippen molar-refractivity contribution in [3.63, 3.8) is 0 Å². The number of hydrogen-bond donors (Lipinski definition) is 0. The highest BCUT2D eigenvalue weighted by Crippen LogP contribution is 2.09. The normalized spacial score (nSPS) is 15.8. The highest BCUT2D eigenvalue weighted by molar-refractivity contribution is 5.94. The van der Waals surface area contributed by atoms with E-state index in [9.17, 15) is 9.59 Å². The standard InChI is InChI=1S/C15H21N3O3/c1-12-9-13(11-16-10-12)15(20)18-7-5-17(6-8-18)4-3-14(19)21-2/h9-11H,3-8H2,1-2H3. The third kappa shape index (κ3) is 4.26. The first-order valence-electron chi connectivity index (χ1n) is 7.10. The minimum absolute atomic E-state index is 0.0267. The van der Waals surface area contributed by atoms with E-state index in [0.29, 0.717) is 31.6 Å². The summed E-state index contributed by atoms with van der Waals surface area (Å²) in [5.74, 6) is -0.168. The van der Waals surface area contributed by atoms with Gasteiger partial charge in [0.25, 0.3) is 5.91 Å². The smallest absolute Gasteiger partial charge is 0.306 e. The molecule has 0 bridgehead atoms. The van der Waals surface area contributed by atoms with E-state index in [1.807, 2.05) is 17.9 Å². The Morgan fingerprint density at radius 2 is 1.95 bits per heavy atom. The first-order valence-corrected chi connectivity index (χ1v) is 7.10. The summed E-state index contributed by atoms with van der Waals surface area (Å²) in [5, 5.41) is 0. The van der Waals surface area contributed by atoms with Gasteiger partial charge in [-0.1, -0.05) is 0 Å². The summed E-state index contributed by atoms with van der Waals surface area (Å²) in [6.07, 6.45) is 3.74. The fourth-order valence-corrected chi connectivity index (χ4v) is 2.38. The molecule has 1 aromatic rings. The molecule has 1 fully saturated rings. The van der Waals surface area contributed by atoms with Crippen molar-refractivity contribution < 1.29 is 14.3 Å². The number of carbonyl (C=O) groups is 2. The van der Waals surface area contributed by atoms with E-state index in [1.54, 1.807) is 12.4 Å².